The molecule has 0 atom stereocenters. The molecular weight excluding hydrogens is 338 g/mol. The number of halogens is 1. The summed E-state index contributed by atoms with van der Waals surface area (Å²) in [4.78, 5) is 17.3. The second-order valence-electron chi connectivity index (χ2n) is 4.27. The lowest BCUT2D eigenvalue weighted by atomic mass is 10.3. The first-order valence-electron chi connectivity index (χ1n) is 6.40. The van der Waals surface area contributed by atoms with E-state index in [0.717, 1.165) is 28.0 Å². The number of amides is 1. The Morgan fingerprint density at radius 1 is 1.45 bits per heavy atom. The number of aromatic nitrogens is 1. The van der Waals surface area contributed by atoms with Crippen LogP contribution in [0.1, 0.15) is 28.7 Å². The van der Waals surface area contributed by atoms with Crippen molar-refractivity contribution in [2.45, 2.75) is 19.9 Å². The average Bonchev–Trinajstić information content (AvgIpc) is 2.88. The summed E-state index contributed by atoms with van der Waals surface area (Å²) in [6.07, 6.45) is 2.69. The molecule has 0 fully saturated rings. The minimum absolute atomic E-state index is 0.158. The highest BCUT2D eigenvalue weighted by molar-refractivity contribution is 9.10. The lowest BCUT2D eigenvalue weighted by Crippen LogP contribution is -2.23. The molecule has 6 heteroatoms. The monoisotopic (exact) mass is 353 g/mol. The van der Waals surface area contributed by atoms with Crippen molar-refractivity contribution in [2.75, 3.05) is 11.9 Å². The third-order valence-electron chi connectivity index (χ3n) is 2.62. The summed E-state index contributed by atoms with van der Waals surface area (Å²) in [6.45, 7) is 3.50. The number of hydrogen-bond donors (Lipinski definition) is 2. The van der Waals surface area contributed by atoms with Crippen molar-refractivity contribution < 1.29 is 4.79 Å². The maximum atomic E-state index is 12.0. The topological polar surface area (TPSA) is 54.0 Å². The van der Waals surface area contributed by atoms with Crippen molar-refractivity contribution in [1.29, 1.82) is 0 Å². The first-order valence-corrected chi connectivity index (χ1v) is 8.07. The quantitative estimate of drug-likeness (QED) is 0.833. The average molecular weight is 354 g/mol. The second-order valence-corrected chi connectivity index (χ2v) is 6.18. The molecule has 1 amide bonds. The molecule has 106 valence electrons. The molecular formula is C14H16BrN3OS. The fourth-order valence-electron chi connectivity index (χ4n) is 1.64. The van der Waals surface area contributed by atoms with Gasteiger partial charge in [-0.15, -0.1) is 11.3 Å². The number of carbonyl (C=O) groups excluding carboxylic acids is 1. The van der Waals surface area contributed by atoms with Crippen molar-refractivity contribution in [2.24, 2.45) is 0 Å². The van der Waals surface area contributed by atoms with E-state index < -0.39 is 0 Å². The Morgan fingerprint density at radius 3 is 3.00 bits per heavy atom. The van der Waals surface area contributed by atoms with Gasteiger partial charge in [-0.2, -0.15) is 0 Å². The van der Waals surface area contributed by atoms with Crippen LogP contribution in [-0.2, 0) is 6.54 Å². The van der Waals surface area contributed by atoms with Crippen LogP contribution in [0.15, 0.2) is 34.2 Å². The van der Waals surface area contributed by atoms with E-state index >= 15 is 0 Å². The summed E-state index contributed by atoms with van der Waals surface area (Å²) >= 11 is 5.00. The molecule has 0 aliphatic carbocycles. The van der Waals surface area contributed by atoms with Gasteiger partial charge in [0.2, 0.25) is 0 Å². The Hall–Kier alpha value is -1.40. The lowest BCUT2D eigenvalue weighted by Gasteiger charge is -2.07. The second kappa shape index (κ2) is 7.40. The zero-order valence-electron chi connectivity index (χ0n) is 11.1. The van der Waals surface area contributed by atoms with Gasteiger partial charge in [0, 0.05) is 33.2 Å². The third kappa shape index (κ3) is 4.31. The Kier molecular flexibility index (Phi) is 5.55. The van der Waals surface area contributed by atoms with E-state index in [1.165, 1.54) is 0 Å². The summed E-state index contributed by atoms with van der Waals surface area (Å²) in [7, 11) is 0. The predicted octanol–water partition coefficient (Wildman–Crippen LogP) is 3.66. The van der Waals surface area contributed by atoms with Gasteiger partial charge in [-0.3, -0.25) is 9.78 Å². The number of carbonyl (C=O) groups is 1. The maximum absolute atomic E-state index is 12.0. The molecule has 0 saturated carbocycles. The van der Waals surface area contributed by atoms with Gasteiger partial charge in [0.1, 0.15) is 5.69 Å². The van der Waals surface area contributed by atoms with Crippen molar-refractivity contribution >= 4 is 38.9 Å². The minimum atomic E-state index is -0.158. The third-order valence-corrected chi connectivity index (χ3v) is 4.31. The minimum Gasteiger partial charge on any atom is -0.385 e. The highest BCUT2D eigenvalue weighted by Crippen LogP contribution is 2.19. The van der Waals surface area contributed by atoms with Gasteiger partial charge in [0.25, 0.3) is 5.91 Å². The summed E-state index contributed by atoms with van der Waals surface area (Å²) in [6, 6.07) is 5.63. The molecule has 20 heavy (non-hydrogen) atoms. The fourth-order valence-corrected chi connectivity index (χ4v) is 3.03. The van der Waals surface area contributed by atoms with Crippen molar-refractivity contribution in [1.82, 2.24) is 10.3 Å². The zero-order chi connectivity index (χ0) is 14.4. The Morgan fingerprint density at radius 2 is 2.30 bits per heavy atom. The van der Waals surface area contributed by atoms with E-state index in [0.29, 0.717) is 12.2 Å². The summed E-state index contributed by atoms with van der Waals surface area (Å²) in [5.41, 5.74) is 1.35. The smallest absolute Gasteiger partial charge is 0.270 e. The number of nitrogens with one attached hydrogen (secondary N) is 2. The highest BCUT2D eigenvalue weighted by atomic mass is 79.9. The van der Waals surface area contributed by atoms with Crippen LogP contribution >= 0.6 is 27.3 Å². The first-order chi connectivity index (χ1) is 9.69. The normalized spacial score (nSPS) is 10.3. The molecule has 0 unspecified atom stereocenters. The van der Waals surface area contributed by atoms with Crippen molar-refractivity contribution in [3.05, 3.63) is 44.8 Å². The van der Waals surface area contributed by atoms with Gasteiger partial charge in [0.05, 0.1) is 6.54 Å². The Bertz CT molecular complexity index is 585. The van der Waals surface area contributed by atoms with Crippen LogP contribution in [0.5, 0.6) is 0 Å². The SMILES string of the molecule is CCCNc1ccnc(C(=O)NCc2cc(Br)cs2)c1. The first kappa shape index (κ1) is 15.0. The molecule has 0 aromatic carbocycles. The van der Waals surface area contributed by atoms with Crippen LogP contribution in [0.2, 0.25) is 0 Å². The number of hydrogen-bond acceptors (Lipinski definition) is 4. The number of rotatable bonds is 6. The van der Waals surface area contributed by atoms with Gasteiger partial charge < -0.3 is 10.6 Å². The number of anilines is 1. The number of pyridine rings is 1. The predicted molar refractivity (Wildman–Crippen MR) is 86.2 cm³/mol. The van der Waals surface area contributed by atoms with Gasteiger partial charge in [-0.05, 0) is 40.5 Å². The molecule has 0 aliphatic heterocycles. The van der Waals surface area contributed by atoms with Crippen molar-refractivity contribution in [3.63, 3.8) is 0 Å². The molecule has 0 radical (unpaired) electrons. The lowest BCUT2D eigenvalue weighted by molar-refractivity contribution is 0.0946. The van der Waals surface area contributed by atoms with Gasteiger partial charge in [0.15, 0.2) is 0 Å². The molecule has 0 spiro atoms. The zero-order valence-corrected chi connectivity index (χ0v) is 13.6. The Labute approximate surface area is 130 Å². The van der Waals surface area contributed by atoms with Crippen LogP contribution in [0.4, 0.5) is 5.69 Å². The molecule has 4 nitrogen and oxygen atoms in total. The van der Waals surface area contributed by atoms with Gasteiger partial charge in [-0.25, -0.2) is 0 Å². The summed E-state index contributed by atoms with van der Waals surface area (Å²) in [5.74, 6) is -0.158. The van der Waals surface area contributed by atoms with E-state index in [-0.39, 0.29) is 5.91 Å². The molecule has 0 saturated heterocycles. The van der Waals surface area contributed by atoms with Crippen LogP contribution in [0.25, 0.3) is 0 Å². The van der Waals surface area contributed by atoms with Crippen LogP contribution in [-0.4, -0.2) is 17.4 Å². The number of thiophene rings is 1. The van der Waals surface area contributed by atoms with Crippen molar-refractivity contribution in [3.8, 4) is 0 Å². The molecule has 2 rings (SSSR count). The van der Waals surface area contributed by atoms with E-state index in [2.05, 4.69) is 38.5 Å². The molecule has 2 aromatic heterocycles. The van der Waals surface area contributed by atoms with Crippen LogP contribution in [0.3, 0.4) is 0 Å². The van der Waals surface area contributed by atoms with E-state index in [9.17, 15) is 4.79 Å². The van der Waals surface area contributed by atoms with E-state index in [1.54, 1.807) is 23.6 Å². The van der Waals surface area contributed by atoms with E-state index in [1.807, 2.05) is 17.5 Å². The largest absolute Gasteiger partial charge is 0.385 e. The summed E-state index contributed by atoms with van der Waals surface area (Å²) < 4.78 is 1.04. The van der Waals surface area contributed by atoms with E-state index in [4.69, 9.17) is 0 Å². The van der Waals surface area contributed by atoms with Crippen LogP contribution < -0.4 is 10.6 Å². The van der Waals surface area contributed by atoms with Gasteiger partial charge >= 0.3 is 0 Å². The molecule has 0 aliphatic rings. The molecule has 2 aromatic rings. The summed E-state index contributed by atoms with van der Waals surface area (Å²) in [5, 5.41) is 8.11. The van der Waals surface area contributed by atoms with Crippen LogP contribution in [0, 0.1) is 0 Å². The molecule has 2 N–H and O–H groups in total. The standard InChI is InChI=1S/C14H16BrN3OS/c1-2-4-16-11-3-5-17-13(7-11)14(19)18-8-12-6-10(15)9-20-12/h3,5-7,9H,2,4,8H2,1H3,(H,16,17)(H,18,19). The maximum Gasteiger partial charge on any atom is 0.270 e. The highest BCUT2D eigenvalue weighted by Gasteiger charge is 2.08. The molecule has 2 heterocycles. The molecule has 0 bridgehead atoms. The van der Waals surface area contributed by atoms with Gasteiger partial charge in [-0.1, -0.05) is 6.92 Å². The fraction of sp³-hybridized carbons (Fsp3) is 0.286. The number of nitrogens with zero attached hydrogens (tertiary/aromatic N) is 1. The Balaban J connectivity index is 1.94.